The van der Waals surface area contributed by atoms with Gasteiger partial charge in [-0.25, -0.2) is 0 Å². The molecular weight excluding hydrogens is 318 g/mol. The van der Waals surface area contributed by atoms with Crippen molar-refractivity contribution < 1.29 is 9.90 Å². The van der Waals surface area contributed by atoms with Gasteiger partial charge in [-0.05, 0) is 24.3 Å². The molecule has 0 spiro atoms. The van der Waals surface area contributed by atoms with Crippen molar-refractivity contribution in [3.05, 3.63) is 70.8 Å². The molecule has 0 aliphatic carbocycles. The first kappa shape index (κ1) is 14.3. The summed E-state index contributed by atoms with van der Waals surface area (Å²) >= 11 is 3.33. The van der Waals surface area contributed by atoms with E-state index in [4.69, 9.17) is 0 Å². The average Bonchev–Trinajstić information content (AvgIpc) is 2.39. The van der Waals surface area contributed by atoms with Crippen LogP contribution in [0.1, 0.15) is 16.8 Å². The van der Waals surface area contributed by atoms with Crippen LogP contribution in [0, 0.1) is 0 Å². The van der Waals surface area contributed by atoms with Crippen LogP contribution in [0.5, 0.6) is 5.75 Å². The first-order valence-corrected chi connectivity index (χ1v) is 6.86. The van der Waals surface area contributed by atoms with E-state index in [0.717, 1.165) is 4.47 Å². The van der Waals surface area contributed by atoms with Gasteiger partial charge in [0.05, 0.1) is 6.42 Å². The van der Waals surface area contributed by atoms with E-state index >= 15 is 0 Å². The molecule has 20 heavy (non-hydrogen) atoms. The number of phenols is 1. The van der Waals surface area contributed by atoms with Crippen LogP contribution in [-0.2, 0) is 0 Å². The zero-order chi connectivity index (χ0) is 14.5. The van der Waals surface area contributed by atoms with E-state index in [-0.39, 0.29) is 18.0 Å². The fraction of sp³-hybridized carbons (Fsp3) is 0.0625. The lowest BCUT2D eigenvalue weighted by Gasteiger charge is -2.09. The molecule has 0 saturated carbocycles. The van der Waals surface area contributed by atoms with Gasteiger partial charge in [-0.3, -0.25) is 4.79 Å². The van der Waals surface area contributed by atoms with Gasteiger partial charge in [0.15, 0.2) is 5.78 Å². The second-order valence-corrected chi connectivity index (χ2v) is 5.30. The predicted octanol–water partition coefficient (Wildman–Crippen LogP) is 4.35. The minimum atomic E-state index is -0.00449. The summed E-state index contributed by atoms with van der Waals surface area (Å²) in [5.41, 5.74) is 1.94. The number of carbonyl (C=O) groups excluding carboxylic acids is 1. The maximum absolute atomic E-state index is 12.1. The molecule has 2 rings (SSSR count). The van der Waals surface area contributed by atoms with Crippen molar-refractivity contribution in [2.24, 2.45) is 0 Å². The third-order valence-electron chi connectivity index (χ3n) is 2.71. The quantitative estimate of drug-likeness (QED) is 0.800. The highest BCUT2D eigenvalue weighted by Gasteiger charge is 2.08. The number of aromatic hydroxyl groups is 1. The topological polar surface area (TPSA) is 49.3 Å². The molecular formula is C16H14BrNO2. The van der Waals surface area contributed by atoms with Crippen molar-refractivity contribution in [3.8, 4) is 5.75 Å². The van der Waals surface area contributed by atoms with Crippen molar-refractivity contribution in [1.29, 1.82) is 0 Å². The second kappa shape index (κ2) is 6.39. The lowest BCUT2D eigenvalue weighted by Crippen LogP contribution is -2.06. The molecule has 4 heteroatoms. The molecule has 0 atom stereocenters. The molecule has 0 bridgehead atoms. The molecule has 0 fully saturated rings. The van der Waals surface area contributed by atoms with Crippen LogP contribution in [0.25, 0.3) is 0 Å². The van der Waals surface area contributed by atoms with Crippen molar-refractivity contribution >= 4 is 27.4 Å². The summed E-state index contributed by atoms with van der Waals surface area (Å²) in [6.45, 7) is 3.84. The van der Waals surface area contributed by atoms with Crippen LogP contribution in [0.4, 0.5) is 5.69 Å². The Morgan fingerprint density at radius 3 is 2.55 bits per heavy atom. The average molecular weight is 332 g/mol. The van der Waals surface area contributed by atoms with Gasteiger partial charge in [-0.2, -0.15) is 0 Å². The summed E-state index contributed by atoms with van der Waals surface area (Å²) < 4.78 is 0.936. The number of ketones is 1. The minimum absolute atomic E-state index is 0.00449. The van der Waals surface area contributed by atoms with E-state index in [0.29, 0.717) is 16.9 Å². The number of rotatable bonds is 5. The molecule has 0 saturated heterocycles. The summed E-state index contributed by atoms with van der Waals surface area (Å²) in [5, 5.41) is 12.4. The molecule has 3 nitrogen and oxygen atoms in total. The monoisotopic (exact) mass is 331 g/mol. The number of allylic oxidation sites excluding steroid dienone is 1. The number of carbonyl (C=O) groups is 1. The highest BCUT2D eigenvalue weighted by Crippen LogP contribution is 2.19. The normalized spacial score (nSPS) is 10.1. The van der Waals surface area contributed by atoms with E-state index in [9.17, 15) is 9.90 Å². The molecule has 0 heterocycles. The molecule has 102 valence electrons. The standard InChI is InChI=1S/C16H14BrNO2/c1-11(18-14-3-2-4-15(19)10-14)9-16(20)12-5-7-13(17)8-6-12/h2-8,10,18-19H,1,9H2. The molecule has 2 N–H and O–H groups in total. The van der Waals surface area contributed by atoms with Crippen LogP contribution >= 0.6 is 15.9 Å². The van der Waals surface area contributed by atoms with Gasteiger partial charge in [0.2, 0.25) is 0 Å². The number of phenolic OH excluding ortho intramolecular Hbond substituents is 1. The predicted molar refractivity (Wildman–Crippen MR) is 84.0 cm³/mol. The summed E-state index contributed by atoms with van der Waals surface area (Å²) in [5.74, 6) is 0.164. The molecule has 0 unspecified atom stereocenters. The summed E-state index contributed by atoms with van der Waals surface area (Å²) in [7, 11) is 0. The molecule has 0 amide bonds. The Morgan fingerprint density at radius 1 is 1.20 bits per heavy atom. The summed E-state index contributed by atoms with van der Waals surface area (Å²) in [6.07, 6.45) is 0.206. The Balaban J connectivity index is 1.97. The third-order valence-corrected chi connectivity index (χ3v) is 3.24. The first-order chi connectivity index (χ1) is 9.54. The second-order valence-electron chi connectivity index (χ2n) is 4.39. The van der Waals surface area contributed by atoms with Crippen molar-refractivity contribution in [2.75, 3.05) is 5.32 Å². The largest absolute Gasteiger partial charge is 0.508 e. The van der Waals surface area contributed by atoms with Crippen LogP contribution in [-0.4, -0.2) is 10.9 Å². The SMILES string of the molecule is C=C(CC(=O)c1ccc(Br)cc1)Nc1cccc(O)c1. The Labute approximate surface area is 126 Å². The van der Waals surface area contributed by atoms with E-state index in [1.54, 1.807) is 36.4 Å². The Morgan fingerprint density at radius 2 is 1.90 bits per heavy atom. The molecule has 0 aliphatic heterocycles. The highest BCUT2D eigenvalue weighted by molar-refractivity contribution is 9.10. The van der Waals surface area contributed by atoms with E-state index in [1.165, 1.54) is 0 Å². The Hall–Kier alpha value is -2.07. The van der Waals surface area contributed by atoms with Crippen LogP contribution < -0.4 is 5.32 Å². The molecule has 2 aromatic rings. The minimum Gasteiger partial charge on any atom is -0.508 e. The third kappa shape index (κ3) is 3.96. The fourth-order valence-electron chi connectivity index (χ4n) is 1.76. The lowest BCUT2D eigenvalue weighted by molar-refractivity contribution is 0.0993. The van der Waals surface area contributed by atoms with Gasteiger partial charge >= 0.3 is 0 Å². The number of anilines is 1. The van der Waals surface area contributed by atoms with E-state index in [2.05, 4.69) is 27.8 Å². The maximum atomic E-state index is 12.1. The van der Waals surface area contributed by atoms with Crippen LogP contribution in [0.3, 0.4) is 0 Å². The Kier molecular flexibility index (Phi) is 4.58. The van der Waals surface area contributed by atoms with Gasteiger partial charge in [-0.1, -0.05) is 40.7 Å². The van der Waals surface area contributed by atoms with Gasteiger partial charge in [0.25, 0.3) is 0 Å². The maximum Gasteiger partial charge on any atom is 0.168 e. The summed E-state index contributed by atoms with van der Waals surface area (Å²) in [6, 6.07) is 13.9. The number of hydrogen-bond acceptors (Lipinski definition) is 3. The van der Waals surface area contributed by atoms with E-state index in [1.807, 2.05) is 12.1 Å². The zero-order valence-electron chi connectivity index (χ0n) is 10.8. The molecule has 0 aliphatic rings. The fourth-order valence-corrected chi connectivity index (χ4v) is 2.03. The van der Waals surface area contributed by atoms with Gasteiger partial charge in [0, 0.05) is 27.5 Å². The molecule has 2 aromatic carbocycles. The van der Waals surface area contributed by atoms with Gasteiger partial charge in [0.1, 0.15) is 5.75 Å². The Bertz CT molecular complexity index is 635. The summed E-state index contributed by atoms with van der Waals surface area (Å²) in [4.78, 5) is 12.1. The van der Waals surface area contributed by atoms with Crippen LogP contribution in [0.15, 0.2) is 65.3 Å². The van der Waals surface area contributed by atoms with Crippen molar-refractivity contribution in [2.45, 2.75) is 6.42 Å². The first-order valence-electron chi connectivity index (χ1n) is 6.07. The molecule has 0 aromatic heterocycles. The zero-order valence-corrected chi connectivity index (χ0v) is 12.4. The number of nitrogens with one attached hydrogen (secondary N) is 1. The number of benzene rings is 2. The van der Waals surface area contributed by atoms with Crippen molar-refractivity contribution in [3.63, 3.8) is 0 Å². The van der Waals surface area contributed by atoms with E-state index < -0.39 is 0 Å². The smallest absolute Gasteiger partial charge is 0.168 e. The van der Waals surface area contributed by atoms with Crippen LogP contribution in [0.2, 0.25) is 0 Å². The lowest BCUT2D eigenvalue weighted by atomic mass is 10.1. The highest BCUT2D eigenvalue weighted by atomic mass is 79.9. The molecule has 0 radical (unpaired) electrons. The van der Waals surface area contributed by atoms with Gasteiger partial charge < -0.3 is 10.4 Å². The number of Topliss-reactive ketones (excluding diaryl/α,β-unsaturated/α-hetero) is 1. The number of hydrogen-bond donors (Lipinski definition) is 2. The van der Waals surface area contributed by atoms with Crippen molar-refractivity contribution in [1.82, 2.24) is 0 Å². The van der Waals surface area contributed by atoms with Gasteiger partial charge in [-0.15, -0.1) is 0 Å². The number of halogens is 1.